The van der Waals surface area contributed by atoms with E-state index in [9.17, 15) is 0 Å². The smallest absolute Gasteiger partial charge is 0.0624 e. The third-order valence-corrected chi connectivity index (χ3v) is 4.71. The van der Waals surface area contributed by atoms with E-state index >= 15 is 0 Å². The number of allylic oxidation sites excluding steroid dienone is 2. The topological polar surface area (TPSA) is 23.8 Å². The number of hydrogen-bond acceptors (Lipinski definition) is 1. The summed E-state index contributed by atoms with van der Waals surface area (Å²) in [6.45, 7) is 6.66. The van der Waals surface area contributed by atoms with Crippen LogP contribution in [0.4, 0.5) is 0 Å². The Labute approximate surface area is 122 Å². The molecule has 1 nitrogen and oxygen atoms in total. The van der Waals surface area contributed by atoms with Crippen molar-refractivity contribution in [2.45, 2.75) is 27.2 Å². The van der Waals surface area contributed by atoms with Crippen LogP contribution in [0.15, 0.2) is 42.5 Å². The van der Waals surface area contributed by atoms with Crippen LogP contribution < -0.4 is 0 Å². The van der Waals surface area contributed by atoms with Gasteiger partial charge in [0, 0.05) is 23.3 Å². The van der Waals surface area contributed by atoms with E-state index in [-0.39, 0.29) is 5.41 Å². The maximum absolute atomic E-state index is 8.86. The van der Waals surface area contributed by atoms with E-state index in [0.29, 0.717) is 24.2 Å². The van der Waals surface area contributed by atoms with Gasteiger partial charge in [0.05, 0.1) is 6.07 Å². The number of nitriles is 1. The van der Waals surface area contributed by atoms with Crippen LogP contribution in [0.5, 0.6) is 0 Å². The van der Waals surface area contributed by atoms with Crippen LogP contribution in [0.2, 0.25) is 0 Å². The van der Waals surface area contributed by atoms with Crippen molar-refractivity contribution in [2.75, 3.05) is 0 Å². The summed E-state index contributed by atoms with van der Waals surface area (Å²) in [6.07, 6.45) is 5.06. The third kappa shape index (κ3) is 2.78. The standard InChI is InChI=1S/C19H21N/c1-15(12-14-20)16(2)19(3)13-11-18(19)10-9-17-7-5-4-6-8-17/h4-8,11,13,15-16,18H,12H2,1-3H3. The quantitative estimate of drug-likeness (QED) is 0.585. The van der Waals surface area contributed by atoms with Crippen molar-refractivity contribution in [3.63, 3.8) is 0 Å². The van der Waals surface area contributed by atoms with E-state index in [0.717, 1.165) is 5.56 Å². The van der Waals surface area contributed by atoms with Gasteiger partial charge in [-0.15, -0.1) is 0 Å². The second-order valence-corrected chi connectivity index (χ2v) is 5.97. The van der Waals surface area contributed by atoms with E-state index in [1.807, 2.05) is 30.3 Å². The molecule has 4 unspecified atom stereocenters. The van der Waals surface area contributed by atoms with Crippen molar-refractivity contribution in [1.29, 1.82) is 5.26 Å². The van der Waals surface area contributed by atoms with Gasteiger partial charge in [-0.05, 0) is 24.0 Å². The van der Waals surface area contributed by atoms with Gasteiger partial charge in [0.1, 0.15) is 0 Å². The van der Waals surface area contributed by atoms with E-state index in [4.69, 9.17) is 5.26 Å². The lowest BCUT2D eigenvalue weighted by Crippen LogP contribution is -2.39. The minimum absolute atomic E-state index is 0.0953. The Bertz CT molecular complexity index is 582. The molecule has 0 aliphatic heterocycles. The Morgan fingerprint density at radius 2 is 1.95 bits per heavy atom. The van der Waals surface area contributed by atoms with Crippen LogP contribution >= 0.6 is 0 Å². The van der Waals surface area contributed by atoms with Crippen molar-refractivity contribution in [1.82, 2.24) is 0 Å². The maximum atomic E-state index is 8.86. The highest BCUT2D eigenvalue weighted by atomic mass is 14.5. The van der Waals surface area contributed by atoms with E-state index in [1.165, 1.54) is 0 Å². The van der Waals surface area contributed by atoms with Crippen LogP contribution in [-0.4, -0.2) is 0 Å². The molecule has 4 atom stereocenters. The van der Waals surface area contributed by atoms with Gasteiger partial charge >= 0.3 is 0 Å². The van der Waals surface area contributed by atoms with Crippen LogP contribution in [0.1, 0.15) is 32.8 Å². The van der Waals surface area contributed by atoms with Crippen LogP contribution in [0.25, 0.3) is 0 Å². The van der Waals surface area contributed by atoms with Crippen LogP contribution in [0.3, 0.4) is 0 Å². The van der Waals surface area contributed by atoms with Crippen molar-refractivity contribution < 1.29 is 0 Å². The molecule has 2 rings (SSSR count). The summed E-state index contributed by atoms with van der Waals surface area (Å²) >= 11 is 0. The van der Waals surface area contributed by atoms with Gasteiger partial charge < -0.3 is 0 Å². The van der Waals surface area contributed by atoms with Gasteiger partial charge in [-0.3, -0.25) is 0 Å². The molecule has 0 aromatic heterocycles. The van der Waals surface area contributed by atoms with E-state index in [1.54, 1.807) is 0 Å². The molecule has 0 saturated carbocycles. The summed E-state index contributed by atoms with van der Waals surface area (Å²) in [4.78, 5) is 0. The zero-order valence-corrected chi connectivity index (χ0v) is 12.4. The molecule has 102 valence electrons. The zero-order chi connectivity index (χ0) is 14.6. The molecule has 0 bridgehead atoms. The first kappa shape index (κ1) is 14.4. The number of hydrogen-bond donors (Lipinski definition) is 0. The predicted molar refractivity (Wildman–Crippen MR) is 82.6 cm³/mol. The summed E-state index contributed by atoms with van der Waals surface area (Å²) in [5.74, 6) is 7.80. The Hall–Kier alpha value is -1.99. The summed E-state index contributed by atoms with van der Waals surface area (Å²) in [6, 6.07) is 12.4. The monoisotopic (exact) mass is 263 g/mol. The lowest BCUT2D eigenvalue weighted by atomic mass is 9.58. The van der Waals surface area contributed by atoms with Crippen molar-refractivity contribution in [3.8, 4) is 17.9 Å². The minimum atomic E-state index is 0.0953. The first-order valence-corrected chi connectivity index (χ1v) is 7.21. The molecule has 0 N–H and O–H groups in total. The first-order chi connectivity index (χ1) is 9.58. The van der Waals surface area contributed by atoms with E-state index in [2.05, 4.69) is 50.8 Å². The summed E-state index contributed by atoms with van der Waals surface area (Å²) < 4.78 is 0. The molecular formula is C19H21N. The van der Waals surface area contributed by atoms with Crippen molar-refractivity contribution >= 4 is 0 Å². The van der Waals surface area contributed by atoms with Crippen molar-refractivity contribution in [2.24, 2.45) is 23.2 Å². The third-order valence-electron chi connectivity index (χ3n) is 4.71. The molecule has 1 heteroatoms. The second-order valence-electron chi connectivity index (χ2n) is 5.97. The van der Waals surface area contributed by atoms with Gasteiger partial charge in [-0.25, -0.2) is 0 Å². The average Bonchev–Trinajstić information content (AvgIpc) is 2.46. The molecule has 1 aliphatic carbocycles. The number of rotatable bonds is 3. The average molecular weight is 263 g/mol. The van der Waals surface area contributed by atoms with Crippen LogP contribution in [-0.2, 0) is 0 Å². The molecule has 0 heterocycles. The molecule has 1 aromatic rings. The maximum Gasteiger partial charge on any atom is 0.0624 e. The molecule has 0 amide bonds. The zero-order valence-electron chi connectivity index (χ0n) is 12.4. The Balaban J connectivity index is 2.11. The fourth-order valence-corrected chi connectivity index (χ4v) is 2.75. The van der Waals surface area contributed by atoms with Crippen molar-refractivity contribution in [3.05, 3.63) is 48.0 Å². The first-order valence-electron chi connectivity index (χ1n) is 7.21. The SMILES string of the molecule is CC(CC#N)C(C)C1(C)C=CC1C#Cc1ccccc1. The van der Waals surface area contributed by atoms with Gasteiger partial charge in [0.2, 0.25) is 0 Å². The molecule has 20 heavy (non-hydrogen) atoms. The fraction of sp³-hybridized carbons (Fsp3) is 0.421. The fourth-order valence-electron chi connectivity index (χ4n) is 2.75. The molecule has 0 spiro atoms. The lowest BCUT2D eigenvalue weighted by molar-refractivity contribution is 0.150. The molecule has 1 aliphatic rings. The minimum Gasteiger partial charge on any atom is -0.198 e. The highest BCUT2D eigenvalue weighted by molar-refractivity contribution is 5.38. The van der Waals surface area contributed by atoms with Gasteiger partial charge in [0.15, 0.2) is 0 Å². The Kier molecular flexibility index (Phi) is 4.31. The second kappa shape index (κ2) is 5.98. The molecule has 1 aromatic carbocycles. The lowest BCUT2D eigenvalue weighted by Gasteiger charge is -2.45. The normalized spacial score (nSPS) is 26.6. The Morgan fingerprint density at radius 3 is 2.50 bits per heavy atom. The highest BCUT2D eigenvalue weighted by Crippen LogP contribution is 2.48. The van der Waals surface area contributed by atoms with Gasteiger partial charge in [-0.2, -0.15) is 5.26 Å². The predicted octanol–water partition coefficient (Wildman–Crippen LogP) is 4.42. The van der Waals surface area contributed by atoms with E-state index < -0.39 is 0 Å². The molecule has 0 radical (unpaired) electrons. The molecule has 0 saturated heterocycles. The number of benzene rings is 1. The largest absolute Gasteiger partial charge is 0.198 e. The molecule has 0 fully saturated rings. The summed E-state index contributed by atoms with van der Waals surface area (Å²) in [5.41, 5.74) is 1.16. The summed E-state index contributed by atoms with van der Waals surface area (Å²) in [5, 5.41) is 8.86. The Morgan fingerprint density at radius 1 is 1.25 bits per heavy atom. The van der Waals surface area contributed by atoms with Crippen LogP contribution in [0, 0.1) is 46.3 Å². The highest BCUT2D eigenvalue weighted by Gasteiger charge is 2.42. The summed E-state index contributed by atoms with van der Waals surface area (Å²) in [7, 11) is 0. The number of nitrogens with zero attached hydrogens (tertiary/aromatic N) is 1. The molecular weight excluding hydrogens is 242 g/mol. The van der Waals surface area contributed by atoms with Gasteiger partial charge in [-0.1, -0.05) is 63.0 Å². The van der Waals surface area contributed by atoms with Gasteiger partial charge in [0.25, 0.3) is 0 Å².